The van der Waals surface area contributed by atoms with Crippen molar-refractivity contribution in [3.05, 3.63) is 77.4 Å². The molecule has 0 saturated carbocycles. The maximum atomic E-state index is 13.5. The van der Waals surface area contributed by atoms with Gasteiger partial charge in [-0.15, -0.1) is 0 Å². The van der Waals surface area contributed by atoms with Gasteiger partial charge in [-0.25, -0.2) is 0 Å². The van der Waals surface area contributed by atoms with Crippen molar-refractivity contribution in [2.45, 2.75) is 6.04 Å². The fraction of sp³-hybridized carbons (Fsp3) is 0.214. The molecule has 1 unspecified atom stereocenters. The third-order valence-electron chi connectivity index (χ3n) is 6.62. The highest BCUT2D eigenvalue weighted by Crippen LogP contribution is 2.45. The lowest BCUT2D eigenvalue weighted by Gasteiger charge is -2.27. The molecular formula is C28H24N2O7. The highest BCUT2D eigenvalue weighted by molar-refractivity contribution is 6.51. The van der Waals surface area contributed by atoms with Crippen molar-refractivity contribution >= 4 is 28.8 Å². The normalized spacial score (nSPS) is 19.3. The maximum Gasteiger partial charge on any atom is 0.300 e. The summed E-state index contributed by atoms with van der Waals surface area (Å²) in [6, 6.07) is 16.6. The first kappa shape index (κ1) is 22.8. The van der Waals surface area contributed by atoms with Crippen LogP contribution in [0, 0.1) is 0 Å². The lowest BCUT2D eigenvalue weighted by molar-refractivity contribution is -0.132. The van der Waals surface area contributed by atoms with E-state index in [-0.39, 0.29) is 18.1 Å². The Hall–Kier alpha value is -4.66. The highest BCUT2D eigenvalue weighted by Gasteiger charge is 2.47. The van der Waals surface area contributed by atoms with Crippen LogP contribution in [0.2, 0.25) is 0 Å². The van der Waals surface area contributed by atoms with E-state index in [9.17, 15) is 14.7 Å². The van der Waals surface area contributed by atoms with Gasteiger partial charge in [-0.2, -0.15) is 0 Å². The van der Waals surface area contributed by atoms with E-state index in [1.165, 1.54) is 4.90 Å². The van der Waals surface area contributed by atoms with Crippen LogP contribution >= 0.6 is 0 Å². The van der Waals surface area contributed by atoms with Crippen molar-refractivity contribution in [1.29, 1.82) is 0 Å². The molecule has 3 aliphatic rings. The number of benzene rings is 3. The molecular weight excluding hydrogens is 476 g/mol. The Balaban J connectivity index is 1.51. The van der Waals surface area contributed by atoms with Crippen molar-refractivity contribution in [3.8, 4) is 23.0 Å². The monoisotopic (exact) mass is 500 g/mol. The van der Waals surface area contributed by atoms with Gasteiger partial charge in [-0.05, 0) is 48.0 Å². The number of anilines is 2. The molecule has 9 heteroatoms. The second-order valence-electron chi connectivity index (χ2n) is 9.05. The van der Waals surface area contributed by atoms with Crippen LogP contribution in [0.3, 0.4) is 0 Å². The number of carbonyl (C=O) groups excluding carboxylic acids is 2. The van der Waals surface area contributed by atoms with Crippen LogP contribution in [0.1, 0.15) is 17.2 Å². The van der Waals surface area contributed by atoms with Gasteiger partial charge in [0.2, 0.25) is 6.79 Å². The average molecular weight is 501 g/mol. The quantitative estimate of drug-likeness (QED) is 0.328. The smallest absolute Gasteiger partial charge is 0.300 e. The summed E-state index contributed by atoms with van der Waals surface area (Å²) in [5.41, 5.74) is 2.41. The Labute approximate surface area is 213 Å². The van der Waals surface area contributed by atoms with Gasteiger partial charge in [0.15, 0.2) is 23.0 Å². The highest BCUT2D eigenvalue weighted by atomic mass is 16.7. The molecule has 1 amide bonds. The lowest BCUT2D eigenvalue weighted by atomic mass is 9.94. The Kier molecular flexibility index (Phi) is 5.40. The van der Waals surface area contributed by atoms with Crippen LogP contribution in [-0.2, 0) is 9.59 Å². The van der Waals surface area contributed by atoms with Crippen molar-refractivity contribution in [3.63, 3.8) is 0 Å². The predicted octanol–water partition coefficient (Wildman–Crippen LogP) is 3.88. The maximum absolute atomic E-state index is 13.5. The third-order valence-corrected chi connectivity index (χ3v) is 6.62. The Morgan fingerprint density at radius 2 is 1.49 bits per heavy atom. The van der Waals surface area contributed by atoms with Gasteiger partial charge in [0.25, 0.3) is 11.7 Å². The van der Waals surface area contributed by atoms with Gasteiger partial charge in [0.05, 0.1) is 11.6 Å². The van der Waals surface area contributed by atoms with Gasteiger partial charge in [-0.1, -0.05) is 12.1 Å². The number of carbonyl (C=O) groups is 2. The summed E-state index contributed by atoms with van der Waals surface area (Å²) in [5.74, 6) is 0.230. The number of ether oxygens (including phenoxy) is 4. The number of ketones is 1. The van der Waals surface area contributed by atoms with Crippen LogP contribution < -0.4 is 28.7 Å². The Morgan fingerprint density at radius 3 is 2.24 bits per heavy atom. The Bertz CT molecular complexity index is 1450. The summed E-state index contributed by atoms with van der Waals surface area (Å²) in [6.07, 6.45) is 0. The summed E-state index contributed by atoms with van der Waals surface area (Å²) in [5, 5.41) is 11.4. The summed E-state index contributed by atoms with van der Waals surface area (Å²) in [4.78, 5) is 30.3. The molecule has 1 saturated heterocycles. The zero-order valence-electron chi connectivity index (χ0n) is 20.3. The summed E-state index contributed by atoms with van der Waals surface area (Å²) in [7, 11) is 3.85. The first-order valence-electron chi connectivity index (χ1n) is 11.8. The van der Waals surface area contributed by atoms with E-state index < -0.39 is 17.7 Å². The number of Topliss-reactive ketones (excluding diaryl/α,β-unsaturated/α-hetero) is 1. The largest absolute Gasteiger partial charge is 0.507 e. The van der Waals surface area contributed by atoms with E-state index in [2.05, 4.69) is 0 Å². The van der Waals surface area contributed by atoms with Gasteiger partial charge in [0, 0.05) is 37.1 Å². The molecule has 3 heterocycles. The fourth-order valence-corrected chi connectivity index (χ4v) is 4.75. The standard InChI is InChI=1S/C28H24N2O7/c1-29(2)18-6-3-16(4-7-18)25-24(26(31)17-5-9-21-22(13-17)37-15-36-21)27(32)28(33)30(25)19-8-10-20-23(14-19)35-12-11-34-20/h3-10,13-14,25,31H,11-12,15H2,1-2H3/b26-24+. The van der Waals surface area contributed by atoms with Crippen LogP contribution in [0.4, 0.5) is 11.4 Å². The molecule has 0 aliphatic carbocycles. The van der Waals surface area contributed by atoms with E-state index >= 15 is 0 Å². The van der Waals surface area contributed by atoms with Gasteiger partial charge < -0.3 is 29.0 Å². The molecule has 0 radical (unpaired) electrons. The number of hydrogen-bond acceptors (Lipinski definition) is 8. The zero-order chi connectivity index (χ0) is 25.7. The van der Waals surface area contributed by atoms with Gasteiger partial charge in [-0.3, -0.25) is 14.5 Å². The summed E-state index contributed by atoms with van der Waals surface area (Å²) >= 11 is 0. The minimum Gasteiger partial charge on any atom is -0.507 e. The van der Waals surface area contributed by atoms with Gasteiger partial charge >= 0.3 is 0 Å². The first-order chi connectivity index (χ1) is 17.9. The summed E-state index contributed by atoms with van der Waals surface area (Å²) in [6.45, 7) is 0.895. The van der Waals surface area contributed by atoms with Crippen molar-refractivity contribution in [1.82, 2.24) is 0 Å². The van der Waals surface area contributed by atoms with Gasteiger partial charge in [0.1, 0.15) is 19.0 Å². The number of rotatable bonds is 4. The number of nitrogens with zero attached hydrogens (tertiary/aromatic N) is 2. The van der Waals surface area contributed by atoms with Crippen LogP contribution in [0.5, 0.6) is 23.0 Å². The summed E-state index contributed by atoms with van der Waals surface area (Å²) < 4.78 is 22.1. The van der Waals surface area contributed by atoms with Crippen LogP contribution in [0.25, 0.3) is 5.76 Å². The van der Waals surface area contributed by atoms with E-state index in [4.69, 9.17) is 18.9 Å². The molecule has 1 fully saturated rings. The molecule has 1 N–H and O–H groups in total. The molecule has 0 aromatic heterocycles. The predicted molar refractivity (Wildman–Crippen MR) is 136 cm³/mol. The minimum atomic E-state index is -0.871. The number of aliphatic hydroxyl groups is 1. The number of hydrogen-bond donors (Lipinski definition) is 1. The second-order valence-corrected chi connectivity index (χ2v) is 9.05. The van der Waals surface area contributed by atoms with E-state index in [1.807, 2.05) is 43.3 Å². The second kappa shape index (κ2) is 8.77. The molecule has 188 valence electrons. The number of fused-ring (bicyclic) bond motifs is 2. The zero-order valence-corrected chi connectivity index (χ0v) is 20.3. The first-order valence-corrected chi connectivity index (χ1v) is 11.8. The molecule has 3 aromatic rings. The molecule has 0 bridgehead atoms. The van der Waals surface area contributed by atoms with Crippen LogP contribution in [-0.4, -0.2) is 50.9 Å². The lowest BCUT2D eigenvalue weighted by Crippen LogP contribution is -2.29. The molecule has 6 rings (SSSR count). The average Bonchev–Trinajstić information content (AvgIpc) is 3.50. The molecule has 3 aliphatic heterocycles. The Morgan fingerprint density at radius 1 is 0.838 bits per heavy atom. The van der Waals surface area contributed by atoms with Crippen LogP contribution in [0.15, 0.2) is 66.2 Å². The fourth-order valence-electron chi connectivity index (χ4n) is 4.75. The third kappa shape index (κ3) is 3.79. The van der Waals surface area contributed by atoms with E-state index in [1.54, 1.807) is 36.4 Å². The molecule has 37 heavy (non-hydrogen) atoms. The van der Waals surface area contributed by atoms with Crippen molar-refractivity contribution in [2.75, 3.05) is 43.9 Å². The van der Waals surface area contributed by atoms with E-state index in [0.717, 1.165) is 5.69 Å². The minimum absolute atomic E-state index is 0.0173. The molecule has 0 spiro atoms. The SMILES string of the molecule is CN(C)c1ccc(C2/C(=C(\O)c3ccc4c(c3)OCO4)C(=O)C(=O)N2c2ccc3c(c2)OCCO3)cc1. The van der Waals surface area contributed by atoms with Crippen molar-refractivity contribution in [2.24, 2.45) is 0 Å². The van der Waals surface area contributed by atoms with E-state index in [0.29, 0.717) is 53.0 Å². The molecule has 9 nitrogen and oxygen atoms in total. The number of aliphatic hydroxyl groups excluding tert-OH is 1. The topological polar surface area (TPSA) is 97.8 Å². The molecule has 3 aromatic carbocycles. The molecule has 1 atom stereocenters. The number of amides is 1. The van der Waals surface area contributed by atoms with Crippen molar-refractivity contribution < 1.29 is 33.6 Å².